The Kier molecular flexibility index (Phi) is 6.69. The molecule has 0 amide bonds. The van der Waals surface area contributed by atoms with Crippen molar-refractivity contribution in [3.63, 3.8) is 0 Å². The number of rotatable bonds is 6. The third kappa shape index (κ3) is 4.06. The first-order valence-corrected chi connectivity index (χ1v) is 13.7. The van der Waals surface area contributed by atoms with Crippen molar-refractivity contribution in [2.45, 2.75) is 19.3 Å². The molecule has 5 aromatic rings. The van der Waals surface area contributed by atoms with E-state index in [-0.39, 0.29) is 0 Å². The maximum Gasteiger partial charge on any atom is 0.0711 e. The zero-order valence-electron chi connectivity index (χ0n) is 22.9. The van der Waals surface area contributed by atoms with Crippen LogP contribution in [0.2, 0.25) is 0 Å². The van der Waals surface area contributed by atoms with Gasteiger partial charge >= 0.3 is 0 Å². The molecule has 1 aliphatic rings. The van der Waals surface area contributed by atoms with Gasteiger partial charge < -0.3 is 4.90 Å². The van der Waals surface area contributed by atoms with Gasteiger partial charge in [-0.15, -0.1) is 6.42 Å². The topological polar surface area (TPSA) is 3.24 Å². The molecule has 1 atom stereocenters. The van der Waals surface area contributed by atoms with Crippen LogP contribution in [0.1, 0.15) is 29.2 Å². The number of nitrogens with zero attached hydrogens (tertiary/aromatic N) is 1. The van der Waals surface area contributed by atoms with E-state index < -0.39 is 5.41 Å². The minimum atomic E-state index is -0.517. The minimum absolute atomic E-state index is 0.517. The Hall–Kier alpha value is -5.06. The molecule has 6 rings (SSSR count). The highest BCUT2D eigenvalue weighted by atomic mass is 15.1. The normalized spacial score (nSPS) is 15.9. The standard InChI is InChI=1S/C39H31N/c1-4-6-16-30(5-2)39(31-17-10-7-11-18-31)37-26-23-29(3)27-36(37)35-25-24-34(28-38(35)39)40(32-19-12-8-13-20-32)33-21-14-9-15-22-33/h1,5-28H,2-3H3/b16-6-,30-5+. The molecule has 0 aliphatic heterocycles. The molecule has 0 spiro atoms. The summed E-state index contributed by atoms with van der Waals surface area (Å²) in [5.74, 6) is 2.72. The Morgan fingerprint density at radius 3 is 1.90 bits per heavy atom. The Morgan fingerprint density at radius 1 is 0.675 bits per heavy atom. The van der Waals surface area contributed by atoms with Crippen LogP contribution in [0, 0.1) is 19.3 Å². The lowest BCUT2D eigenvalue weighted by Gasteiger charge is -2.35. The highest BCUT2D eigenvalue weighted by Gasteiger charge is 2.46. The third-order valence-electron chi connectivity index (χ3n) is 7.87. The van der Waals surface area contributed by atoms with Crippen LogP contribution in [0.15, 0.2) is 151 Å². The van der Waals surface area contributed by atoms with Gasteiger partial charge in [-0.2, -0.15) is 0 Å². The average Bonchev–Trinajstić information content (AvgIpc) is 3.29. The van der Waals surface area contributed by atoms with Crippen LogP contribution in [0.5, 0.6) is 0 Å². The highest BCUT2D eigenvalue weighted by Crippen LogP contribution is 2.57. The van der Waals surface area contributed by atoms with Gasteiger partial charge in [0.05, 0.1) is 5.41 Å². The van der Waals surface area contributed by atoms with E-state index in [9.17, 15) is 0 Å². The second-order valence-corrected chi connectivity index (χ2v) is 10.1. The summed E-state index contributed by atoms with van der Waals surface area (Å²) >= 11 is 0. The maximum atomic E-state index is 5.74. The lowest BCUT2D eigenvalue weighted by Crippen LogP contribution is -2.29. The fourth-order valence-corrected chi connectivity index (χ4v) is 6.22. The summed E-state index contributed by atoms with van der Waals surface area (Å²) in [5.41, 5.74) is 11.5. The van der Waals surface area contributed by atoms with Gasteiger partial charge in [0, 0.05) is 17.1 Å². The number of fused-ring (bicyclic) bond motifs is 3. The Bertz CT molecular complexity index is 1720. The van der Waals surface area contributed by atoms with Crippen LogP contribution in [0.3, 0.4) is 0 Å². The fraction of sp³-hybridized carbons (Fsp3) is 0.0769. The summed E-state index contributed by atoms with van der Waals surface area (Å²) in [6.07, 6.45) is 11.9. The first-order chi connectivity index (χ1) is 19.7. The number of anilines is 3. The van der Waals surface area contributed by atoms with Crippen molar-refractivity contribution in [1.29, 1.82) is 0 Å². The second kappa shape index (κ2) is 10.6. The number of terminal acetylenes is 1. The molecule has 1 unspecified atom stereocenters. The molecule has 0 saturated carbocycles. The molecule has 1 nitrogen and oxygen atoms in total. The predicted octanol–water partition coefficient (Wildman–Crippen LogP) is 9.92. The summed E-state index contributed by atoms with van der Waals surface area (Å²) in [7, 11) is 0. The Labute approximate surface area is 237 Å². The number of hydrogen-bond donors (Lipinski definition) is 0. The summed E-state index contributed by atoms with van der Waals surface area (Å²) in [6, 6.07) is 45.7. The summed E-state index contributed by atoms with van der Waals surface area (Å²) in [5, 5.41) is 0. The van der Waals surface area contributed by atoms with E-state index in [2.05, 4.69) is 164 Å². The van der Waals surface area contributed by atoms with Crippen molar-refractivity contribution < 1.29 is 0 Å². The van der Waals surface area contributed by atoms with Gasteiger partial charge in [-0.3, -0.25) is 0 Å². The largest absolute Gasteiger partial charge is 0.310 e. The molecular formula is C39H31N. The number of para-hydroxylation sites is 2. The molecule has 192 valence electrons. The molecule has 0 fully saturated rings. The van der Waals surface area contributed by atoms with Crippen molar-refractivity contribution >= 4 is 17.1 Å². The smallest absolute Gasteiger partial charge is 0.0711 e. The van der Waals surface area contributed by atoms with Gasteiger partial charge in [-0.05, 0) is 95.8 Å². The first-order valence-electron chi connectivity index (χ1n) is 13.7. The number of hydrogen-bond acceptors (Lipinski definition) is 1. The molecular weight excluding hydrogens is 482 g/mol. The van der Waals surface area contributed by atoms with Gasteiger partial charge in [0.25, 0.3) is 0 Å². The minimum Gasteiger partial charge on any atom is -0.310 e. The Morgan fingerprint density at radius 2 is 1.30 bits per heavy atom. The molecule has 1 aliphatic carbocycles. The molecule has 0 bridgehead atoms. The number of benzene rings is 5. The number of allylic oxidation sites excluding steroid dienone is 4. The number of aryl methyl sites for hydroxylation is 1. The van der Waals surface area contributed by atoms with E-state index in [0.717, 1.165) is 22.6 Å². The zero-order valence-corrected chi connectivity index (χ0v) is 22.9. The summed E-state index contributed by atoms with van der Waals surface area (Å²) in [6.45, 7) is 4.27. The zero-order chi connectivity index (χ0) is 27.5. The second-order valence-electron chi connectivity index (χ2n) is 10.1. The first kappa shape index (κ1) is 25.2. The van der Waals surface area contributed by atoms with Crippen LogP contribution in [-0.4, -0.2) is 0 Å². The molecule has 5 aromatic carbocycles. The van der Waals surface area contributed by atoms with Crippen molar-refractivity contribution in [1.82, 2.24) is 0 Å². The van der Waals surface area contributed by atoms with E-state index in [0.29, 0.717) is 0 Å². The molecule has 0 saturated heterocycles. The van der Waals surface area contributed by atoms with Gasteiger partial charge in [-0.1, -0.05) is 109 Å². The fourth-order valence-electron chi connectivity index (χ4n) is 6.22. The summed E-state index contributed by atoms with van der Waals surface area (Å²) in [4.78, 5) is 2.33. The van der Waals surface area contributed by atoms with Crippen LogP contribution in [0.25, 0.3) is 11.1 Å². The highest BCUT2D eigenvalue weighted by molar-refractivity contribution is 5.90. The third-order valence-corrected chi connectivity index (χ3v) is 7.87. The molecule has 0 radical (unpaired) electrons. The monoisotopic (exact) mass is 513 g/mol. The van der Waals surface area contributed by atoms with Crippen LogP contribution >= 0.6 is 0 Å². The van der Waals surface area contributed by atoms with Crippen LogP contribution < -0.4 is 4.90 Å². The van der Waals surface area contributed by atoms with E-state index in [1.165, 1.54) is 33.4 Å². The maximum absolute atomic E-state index is 5.74. The molecule has 0 aromatic heterocycles. The van der Waals surface area contributed by atoms with Gasteiger partial charge in [0.2, 0.25) is 0 Å². The average molecular weight is 514 g/mol. The predicted molar refractivity (Wildman–Crippen MR) is 169 cm³/mol. The SMILES string of the molecule is C#C/C=C\C(=C/C)C1(c2ccccc2)c2ccc(C)cc2-c2ccc(N(c3ccccc3)c3ccccc3)cc21. The quantitative estimate of drug-likeness (QED) is 0.161. The van der Waals surface area contributed by atoms with Crippen LogP contribution in [-0.2, 0) is 5.41 Å². The van der Waals surface area contributed by atoms with E-state index in [1.54, 1.807) is 0 Å². The van der Waals surface area contributed by atoms with Crippen molar-refractivity contribution in [3.05, 3.63) is 173 Å². The molecule has 0 N–H and O–H groups in total. The summed E-state index contributed by atoms with van der Waals surface area (Å²) < 4.78 is 0. The van der Waals surface area contributed by atoms with Gasteiger partial charge in [-0.25, -0.2) is 0 Å². The van der Waals surface area contributed by atoms with Crippen molar-refractivity contribution in [3.8, 4) is 23.5 Å². The van der Waals surface area contributed by atoms with Crippen LogP contribution in [0.4, 0.5) is 17.1 Å². The van der Waals surface area contributed by atoms with Gasteiger partial charge in [0.1, 0.15) is 0 Å². The van der Waals surface area contributed by atoms with Crippen molar-refractivity contribution in [2.75, 3.05) is 4.90 Å². The van der Waals surface area contributed by atoms with E-state index in [4.69, 9.17) is 6.42 Å². The van der Waals surface area contributed by atoms with E-state index >= 15 is 0 Å². The lowest BCUT2D eigenvalue weighted by atomic mass is 9.67. The molecule has 0 heterocycles. The van der Waals surface area contributed by atoms with Crippen molar-refractivity contribution in [2.24, 2.45) is 0 Å². The van der Waals surface area contributed by atoms with Gasteiger partial charge in [0.15, 0.2) is 0 Å². The Balaban J connectivity index is 1.70. The molecule has 1 heteroatoms. The lowest BCUT2D eigenvalue weighted by molar-refractivity contribution is 0.765. The molecule has 40 heavy (non-hydrogen) atoms. The van der Waals surface area contributed by atoms with E-state index in [1.807, 2.05) is 6.08 Å².